The third kappa shape index (κ3) is 11.2. The van der Waals surface area contributed by atoms with E-state index in [0.29, 0.717) is 25.1 Å². The highest BCUT2D eigenvalue weighted by Gasteiger charge is 2.31. The van der Waals surface area contributed by atoms with Crippen molar-refractivity contribution in [2.45, 2.75) is 69.1 Å². The minimum Gasteiger partial charge on any atom is -0.480 e. The Morgan fingerprint density at radius 3 is 2.08 bits per heavy atom. The molecule has 0 saturated heterocycles. The zero-order valence-electron chi connectivity index (χ0n) is 22.2. The number of rotatable bonds is 18. The Hall–Kier alpha value is -4.30. The summed E-state index contributed by atoms with van der Waals surface area (Å²) >= 11 is 0. The molecule has 0 spiro atoms. The van der Waals surface area contributed by atoms with Gasteiger partial charge in [-0.2, -0.15) is 0 Å². The summed E-state index contributed by atoms with van der Waals surface area (Å²) in [6.07, 6.45) is 4.09. The number of nitrogens with two attached hydrogens (primary N) is 3. The van der Waals surface area contributed by atoms with Gasteiger partial charge in [0.25, 0.3) is 0 Å². The van der Waals surface area contributed by atoms with E-state index < -0.39 is 53.8 Å². The molecule has 4 unspecified atom stereocenters. The molecule has 0 aliphatic carbocycles. The average Bonchev–Trinajstić information content (AvgIpc) is 3.44. The molecule has 40 heavy (non-hydrogen) atoms. The summed E-state index contributed by atoms with van der Waals surface area (Å²) in [7, 11) is 0. The van der Waals surface area contributed by atoms with Crippen LogP contribution in [0.5, 0.6) is 0 Å². The highest BCUT2D eigenvalue weighted by Crippen LogP contribution is 2.08. The number of hydrogen-bond acceptors (Lipinski definition) is 8. The first-order chi connectivity index (χ1) is 19.1. The van der Waals surface area contributed by atoms with Crippen LogP contribution in [0.15, 0.2) is 42.9 Å². The molecule has 1 aromatic carbocycles. The van der Waals surface area contributed by atoms with Crippen LogP contribution in [0.2, 0.25) is 0 Å². The number of benzene rings is 1. The van der Waals surface area contributed by atoms with Gasteiger partial charge in [-0.25, -0.2) is 9.78 Å². The number of carboxylic acids is 1. The van der Waals surface area contributed by atoms with Gasteiger partial charge in [0.1, 0.15) is 18.1 Å². The number of nitrogens with one attached hydrogen (secondary N) is 4. The maximum atomic E-state index is 13.4. The molecule has 0 saturated carbocycles. The van der Waals surface area contributed by atoms with Crippen molar-refractivity contribution in [1.29, 1.82) is 0 Å². The van der Waals surface area contributed by atoms with Gasteiger partial charge in [-0.15, -0.1) is 0 Å². The molecule has 2 rings (SSSR count). The van der Waals surface area contributed by atoms with Crippen molar-refractivity contribution in [2.24, 2.45) is 17.2 Å². The van der Waals surface area contributed by atoms with Crippen LogP contribution in [-0.4, -0.2) is 75.4 Å². The van der Waals surface area contributed by atoms with Gasteiger partial charge < -0.3 is 43.2 Å². The summed E-state index contributed by atoms with van der Waals surface area (Å²) in [6.45, 7) is 0.391. The monoisotopic (exact) mass is 558 g/mol. The van der Waals surface area contributed by atoms with Crippen LogP contribution in [0.4, 0.5) is 0 Å². The van der Waals surface area contributed by atoms with Gasteiger partial charge in [-0.3, -0.25) is 19.2 Å². The molecule has 4 atom stereocenters. The molecule has 11 N–H and O–H groups in total. The van der Waals surface area contributed by atoms with Crippen LogP contribution in [0, 0.1) is 0 Å². The molecule has 14 nitrogen and oxygen atoms in total. The van der Waals surface area contributed by atoms with Crippen molar-refractivity contribution in [3.8, 4) is 0 Å². The number of hydrogen-bond donors (Lipinski definition) is 8. The Bertz CT molecular complexity index is 1110. The van der Waals surface area contributed by atoms with Gasteiger partial charge in [0.2, 0.25) is 23.6 Å². The fourth-order valence-corrected chi connectivity index (χ4v) is 3.89. The number of amides is 4. The topological polar surface area (TPSA) is 248 Å². The first-order valence-electron chi connectivity index (χ1n) is 13.0. The molecule has 0 bridgehead atoms. The predicted octanol–water partition coefficient (Wildman–Crippen LogP) is -1.54. The molecular formula is C26H38N8O6. The van der Waals surface area contributed by atoms with Crippen molar-refractivity contribution in [3.05, 3.63) is 54.1 Å². The van der Waals surface area contributed by atoms with Crippen molar-refractivity contribution in [3.63, 3.8) is 0 Å². The number of carbonyl (C=O) groups is 5. The lowest BCUT2D eigenvalue weighted by Gasteiger charge is -2.25. The molecule has 0 fully saturated rings. The third-order valence-corrected chi connectivity index (χ3v) is 6.13. The summed E-state index contributed by atoms with van der Waals surface area (Å²) in [5, 5.41) is 17.3. The van der Waals surface area contributed by atoms with Crippen LogP contribution < -0.4 is 33.2 Å². The smallest absolute Gasteiger partial charge is 0.326 e. The molecule has 0 aliphatic rings. The standard InChI is InChI=1S/C26H38N8O6/c27-11-5-4-8-19(26(39)40)32-24(37)20(12-16-6-2-1-3-7-16)34-25(38)21(13-17-14-30-15-31-17)33-23(36)18(28)9-10-22(29)35/h1-3,6-7,14-15,18-21H,4-5,8-13,27-28H2,(H2,29,35)(H,30,31)(H,32,37)(H,33,36)(H,34,38)(H,39,40). The van der Waals surface area contributed by atoms with E-state index in [1.165, 1.54) is 12.5 Å². The van der Waals surface area contributed by atoms with Gasteiger partial charge in [-0.05, 0) is 37.8 Å². The molecule has 0 radical (unpaired) electrons. The minimum atomic E-state index is -1.20. The Morgan fingerprint density at radius 1 is 0.875 bits per heavy atom. The van der Waals surface area contributed by atoms with Crippen molar-refractivity contribution in [2.75, 3.05) is 6.54 Å². The first kappa shape index (κ1) is 31.9. The number of primary amides is 1. The Balaban J connectivity index is 2.23. The van der Waals surface area contributed by atoms with E-state index in [-0.39, 0.29) is 32.1 Å². The highest BCUT2D eigenvalue weighted by molar-refractivity contribution is 5.94. The highest BCUT2D eigenvalue weighted by atomic mass is 16.4. The maximum Gasteiger partial charge on any atom is 0.326 e. The zero-order valence-corrected chi connectivity index (χ0v) is 22.2. The summed E-state index contributed by atoms with van der Waals surface area (Å²) in [5.41, 5.74) is 17.8. The number of unbranched alkanes of at least 4 members (excludes halogenated alkanes) is 1. The maximum absolute atomic E-state index is 13.4. The number of aromatic amines is 1. The third-order valence-electron chi connectivity index (χ3n) is 6.13. The quantitative estimate of drug-likeness (QED) is 0.0985. The van der Waals surface area contributed by atoms with Crippen LogP contribution in [0.3, 0.4) is 0 Å². The van der Waals surface area contributed by atoms with E-state index in [2.05, 4.69) is 25.9 Å². The number of aromatic nitrogens is 2. The number of H-pyrrole nitrogens is 1. The lowest BCUT2D eigenvalue weighted by Crippen LogP contribution is -2.58. The normalized spacial score (nSPS) is 13.8. The summed E-state index contributed by atoms with van der Waals surface area (Å²) in [5.74, 6) is -3.90. The molecule has 2 aromatic rings. The van der Waals surface area contributed by atoms with E-state index >= 15 is 0 Å². The number of carboxylic acid groups (broad SMARTS) is 1. The SMILES string of the molecule is NCCCCC(NC(=O)C(Cc1ccccc1)NC(=O)C(Cc1cnc[nH]1)NC(=O)C(N)CCC(N)=O)C(=O)O. The second-order valence-corrected chi connectivity index (χ2v) is 9.39. The molecular weight excluding hydrogens is 520 g/mol. The van der Waals surface area contributed by atoms with Gasteiger partial charge in [0, 0.05) is 31.2 Å². The molecule has 4 amide bonds. The van der Waals surface area contributed by atoms with Crippen LogP contribution in [0.1, 0.15) is 43.4 Å². The van der Waals surface area contributed by atoms with Crippen molar-refractivity contribution >= 4 is 29.6 Å². The molecule has 0 aliphatic heterocycles. The van der Waals surface area contributed by atoms with Crippen LogP contribution >= 0.6 is 0 Å². The summed E-state index contributed by atoms with van der Waals surface area (Å²) in [6, 6.07) is 4.28. The van der Waals surface area contributed by atoms with Crippen molar-refractivity contribution < 1.29 is 29.1 Å². The van der Waals surface area contributed by atoms with Crippen LogP contribution in [0.25, 0.3) is 0 Å². The number of aliphatic carboxylic acids is 1. The van der Waals surface area contributed by atoms with E-state index in [1.54, 1.807) is 30.3 Å². The van der Waals surface area contributed by atoms with Gasteiger partial charge in [0.15, 0.2) is 0 Å². The number of nitrogens with zero attached hydrogens (tertiary/aromatic N) is 1. The Morgan fingerprint density at radius 2 is 1.50 bits per heavy atom. The summed E-state index contributed by atoms with van der Waals surface area (Å²) < 4.78 is 0. The Labute approximate surface area is 231 Å². The zero-order chi connectivity index (χ0) is 29.5. The second kappa shape index (κ2) is 16.6. The number of carbonyl (C=O) groups excluding carboxylic acids is 4. The summed E-state index contributed by atoms with van der Waals surface area (Å²) in [4.78, 5) is 69.0. The van der Waals surface area contributed by atoms with Gasteiger partial charge in [0.05, 0.1) is 12.4 Å². The molecule has 218 valence electrons. The Kier molecular flexibility index (Phi) is 13.3. The minimum absolute atomic E-state index is 0.00334. The first-order valence-corrected chi connectivity index (χ1v) is 13.0. The van der Waals surface area contributed by atoms with Gasteiger partial charge >= 0.3 is 5.97 Å². The van der Waals surface area contributed by atoms with Crippen molar-refractivity contribution in [1.82, 2.24) is 25.9 Å². The lowest BCUT2D eigenvalue weighted by atomic mass is 10.0. The lowest BCUT2D eigenvalue weighted by molar-refractivity contribution is -0.142. The van der Waals surface area contributed by atoms with E-state index in [1.807, 2.05) is 0 Å². The van der Waals surface area contributed by atoms with E-state index in [0.717, 1.165) is 5.56 Å². The predicted molar refractivity (Wildman–Crippen MR) is 145 cm³/mol. The van der Waals surface area contributed by atoms with Crippen LogP contribution in [-0.2, 0) is 36.8 Å². The number of imidazole rings is 1. The van der Waals surface area contributed by atoms with E-state index in [4.69, 9.17) is 17.2 Å². The van der Waals surface area contributed by atoms with Gasteiger partial charge in [-0.1, -0.05) is 30.3 Å². The fourth-order valence-electron chi connectivity index (χ4n) is 3.89. The molecule has 14 heteroatoms. The molecule has 1 heterocycles. The largest absolute Gasteiger partial charge is 0.480 e. The molecule has 1 aromatic heterocycles. The average molecular weight is 559 g/mol. The fraction of sp³-hybridized carbons (Fsp3) is 0.462. The van der Waals surface area contributed by atoms with E-state index in [9.17, 15) is 29.1 Å². The second-order valence-electron chi connectivity index (χ2n) is 9.39.